The van der Waals surface area contributed by atoms with Crippen LogP contribution in [0, 0.1) is 11.3 Å². The summed E-state index contributed by atoms with van der Waals surface area (Å²) in [5, 5.41) is 8.78. The molecular formula is C19H27N5O3S. The van der Waals surface area contributed by atoms with Gasteiger partial charge in [-0.25, -0.2) is 13.4 Å². The molecule has 2 aromatic rings. The fourth-order valence-electron chi connectivity index (χ4n) is 3.41. The molecule has 0 radical (unpaired) electrons. The Morgan fingerprint density at radius 2 is 2.07 bits per heavy atom. The zero-order valence-electron chi connectivity index (χ0n) is 16.5. The second kappa shape index (κ2) is 9.01. The lowest BCUT2D eigenvalue weighted by Crippen LogP contribution is -2.40. The van der Waals surface area contributed by atoms with Crippen molar-refractivity contribution in [3.8, 4) is 6.07 Å². The van der Waals surface area contributed by atoms with Crippen LogP contribution in [0.15, 0.2) is 23.1 Å². The number of sulfonamides is 1. The van der Waals surface area contributed by atoms with Gasteiger partial charge in [0, 0.05) is 32.6 Å². The van der Waals surface area contributed by atoms with Crippen LogP contribution in [0.4, 0.5) is 0 Å². The summed E-state index contributed by atoms with van der Waals surface area (Å²) in [7, 11) is -1.59. The molecule has 152 valence electrons. The van der Waals surface area contributed by atoms with Gasteiger partial charge in [-0.3, -0.25) is 4.90 Å². The van der Waals surface area contributed by atoms with Crippen LogP contribution in [-0.4, -0.2) is 67.1 Å². The molecule has 1 aliphatic rings. The van der Waals surface area contributed by atoms with Crippen molar-refractivity contribution in [3.05, 3.63) is 24.0 Å². The van der Waals surface area contributed by atoms with Crippen LogP contribution in [0.25, 0.3) is 11.0 Å². The summed E-state index contributed by atoms with van der Waals surface area (Å²) in [6.45, 7) is 5.79. The Balaban J connectivity index is 1.94. The first-order valence-electron chi connectivity index (χ1n) is 9.60. The predicted molar refractivity (Wildman–Crippen MR) is 106 cm³/mol. The average molecular weight is 406 g/mol. The van der Waals surface area contributed by atoms with Crippen LogP contribution in [0.2, 0.25) is 0 Å². The molecule has 0 atom stereocenters. The number of aromatic nitrogens is 2. The molecule has 0 N–H and O–H groups in total. The summed E-state index contributed by atoms with van der Waals surface area (Å²) >= 11 is 0. The number of imidazole rings is 1. The Morgan fingerprint density at radius 3 is 2.75 bits per heavy atom. The molecule has 0 saturated carbocycles. The Hall–Kier alpha value is -1.99. The minimum absolute atomic E-state index is 0.271. The molecule has 28 heavy (non-hydrogen) atoms. The van der Waals surface area contributed by atoms with Crippen molar-refractivity contribution in [2.75, 3.05) is 39.9 Å². The topological polar surface area (TPSA) is 91.5 Å². The van der Waals surface area contributed by atoms with E-state index in [1.807, 2.05) is 13.1 Å². The Morgan fingerprint density at radius 1 is 1.32 bits per heavy atom. The summed E-state index contributed by atoms with van der Waals surface area (Å²) in [6.07, 6.45) is 1.42. The van der Waals surface area contributed by atoms with Gasteiger partial charge in [0.1, 0.15) is 5.82 Å². The van der Waals surface area contributed by atoms with E-state index >= 15 is 0 Å². The third-order valence-corrected chi connectivity index (χ3v) is 6.77. The fraction of sp³-hybridized carbons (Fsp3) is 0.579. The highest BCUT2D eigenvalue weighted by Gasteiger charge is 2.27. The first-order chi connectivity index (χ1) is 13.5. The average Bonchev–Trinajstić information content (AvgIpc) is 3.03. The fourth-order valence-corrected chi connectivity index (χ4v) is 4.84. The molecule has 0 aliphatic carbocycles. The third-order valence-electron chi connectivity index (χ3n) is 4.87. The highest BCUT2D eigenvalue weighted by Crippen LogP contribution is 2.24. The van der Waals surface area contributed by atoms with Gasteiger partial charge in [-0.15, -0.1) is 0 Å². The van der Waals surface area contributed by atoms with E-state index < -0.39 is 10.0 Å². The van der Waals surface area contributed by atoms with Crippen molar-refractivity contribution in [3.63, 3.8) is 0 Å². The number of hydrogen-bond donors (Lipinski definition) is 0. The van der Waals surface area contributed by atoms with Gasteiger partial charge in [0.2, 0.25) is 10.0 Å². The summed E-state index contributed by atoms with van der Waals surface area (Å²) in [6, 6.07) is 7.35. The third kappa shape index (κ3) is 4.36. The van der Waals surface area contributed by atoms with E-state index in [0.29, 0.717) is 51.3 Å². The van der Waals surface area contributed by atoms with E-state index in [1.54, 1.807) is 12.1 Å². The SMILES string of the molecule is CCCn1c(CN(C)CCC#N)nc2cc(S(=O)(=O)N3CCOCC3)ccc21. The maximum atomic E-state index is 12.9. The number of aryl methyl sites for hydroxylation is 1. The maximum absolute atomic E-state index is 12.9. The number of fused-ring (bicyclic) bond motifs is 1. The van der Waals surface area contributed by atoms with Crippen LogP contribution in [0.1, 0.15) is 25.6 Å². The number of nitrogens with zero attached hydrogens (tertiary/aromatic N) is 5. The largest absolute Gasteiger partial charge is 0.379 e. The lowest BCUT2D eigenvalue weighted by Gasteiger charge is -2.26. The van der Waals surface area contributed by atoms with Crippen LogP contribution >= 0.6 is 0 Å². The molecule has 0 spiro atoms. The quantitative estimate of drug-likeness (QED) is 0.665. The second-order valence-electron chi connectivity index (χ2n) is 6.99. The molecule has 9 heteroatoms. The Bertz CT molecular complexity index is 958. The summed E-state index contributed by atoms with van der Waals surface area (Å²) < 4.78 is 34.8. The summed E-state index contributed by atoms with van der Waals surface area (Å²) in [4.78, 5) is 7.06. The van der Waals surface area contributed by atoms with Gasteiger partial charge in [-0.2, -0.15) is 9.57 Å². The van der Waals surface area contributed by atoms with Crippen molar-refractivity contribution in [2.24, 2.45) is 0 Å². The van der Waals surface area contributed by atoms with Gasteiger partial charge in [-0.05, 0) is 31.7 Å². The summed E-state index contributed by atoms with van der Waals surface area (Å²) in [5.74, 6) is 0.887. The van der Waals surface area contributed by atoms with Crippen LogP contribution in [0.5, 0.6) is 0 Å². The summed E-state index contributed by atoms with van der Waals surface area (Å²) in [5.41, 5.74) is 1.62. The van der Waals surface area contributed by atoms with E-state index in [-0.39, 0.29) is 4.90 Å². The maximum Gasteiger partial charge on any atom is 0.243 e. The van der Waals surface area contributed by atoms with E-state index in [9.17, 15) is 8.42 Å². The minimum atomic E-state index is -3.55. The van der Waals surface area contributed by atoms with Gasteiger partial charge in [0.25, 0.3) is 0 Å². The van der Waals surface area contributed by atoms with Gasteiger partial charge in [0.15, 0.2) is 0 Å². The van der Waals surface area contributed by atoms with Gasteiger partial charge >= 0.3 is 0 Å². The zero-order chi connectivity index (χ0) is 20.1. The highest BCUT2D eigenvalue weighted by molar-refractivity contribution is 7.89. The van der Waals surface area contributed by atoms with Crippen molar-refractivity contribution in [1.29, 1.82) is 5.26 Å². The van der Waals surface area contributed by atoms with Crippen molar-refractivity contribution in [1.82, 2.24) is 18.8 Å². The van der Waals surface area contributed by atoms with Crippen molar-refractivity contribution in [2.45, 2.75) is 37.8 Å². The molecule has 1 aliphatic heterocycles. The standard InChI is InChI=1S/C19H27N5O3S/c1-3-8-24-18-6-5-16(28(25,26)23-10-12-27-13-11-23)14-17(18)21-19(24)15-22(2)9-4-7-20/h5-6,14H,3-4,8-13,15H2,1-2H3. The second-order valence-corrected chi connectivity index (χ2v) is 8.93. The number of morpholine rings is 1. The van der Waals surface area contributed by atoms with Crippen molar-refractivity contribution < 1.29 is 13.2 Å². The monoisotopic (exact) mass is 405 g/mol. The molecule has 1 fully saturated rings. The molecule has 0 unspecified atom stereocenters. The Kier molecular flexibility index (Phi) is 6.67. The number of hydrogen-bond acceptors (Lipinski definition) is 6. The van der Waals surface area contributed by atoms with Crippen LogP contribution < -0.4 is 0 Å². The zero-order valence-corrected chi connectivity index (χ0v) is 17.3. The number of benzene rings is 1. The minimum Gasteiger partial charge on any atom is -0.379 e. The number of rotatable bonds is 8. The van der Waals surface area contributed by atoms with E-state index in [1.165, 1.54) is 4.31 Å². The number of ether oxygens (including phenoxy) is 1. The normalized spacial score (nSPS) is 15.9. The first kappa shape index (κ1) is 20.7. The van der Waals surface area contributed by atoms with E-state index in [4.69, 9.17) is 15.0 Å². The molecule has 1 aromatic carbocycles. The lowest BCUT2D eigenvalue weighted by molar-refractivity contribution is 0.0730. The van der Waals surface area contributed by atoms with Gasteiger partial charge in [-0.1, -0.05) is 6.92 Å². The van der Waals surface area contributed by atoms with Crippen LogP contribution in [0.3, 0.4) is 0 Å². The molecule has 1 saturated heterocycles. The smallest absolute Gasteiger partial charge is 0.243 e. The molecule has 3 rings (SSSR count). The van der Waals surface area contributed by atoms with Gasteiger partial charge < -0.3 is 9.30 Å². The molecular weight excluding hydrogens is 378 g/mol. The molecule has 0 amide bonds. The van der Waals surface area contributed by atoms with Gasteiger partial charge in [0.05, 0.1) is 41.8 Å². The van der Waals surface area contributed by atoms with E-state index in [2.05, 4.69) is 22.5 Å². The van der Waals surface area contributed by atoms with Crippen molar-refractivity contribution >= 4 is 21.1 Å². The van der Waals surface area contributed by atoms with Crippen LogP contribution in [-0.2, 0) is 27.8 Å². The van der Waals surface area contributed by atoms with E-state index in [0.717, 1.165) is 24.3 Å². The Labute approximate surface area is 166 Å². The highest BCUT2D eigenvalue weighted by atomic mass is 32.2. The molecule has 0 bridgehead atoms. The number of nitriles is 1. The first-order valence-corrected chi connectivity index (χ1v) is 11.0. The molecule has 1 aromatic heterocycles. The molecule has 2 heterocycles. The lowest BCUT2D eigenvalue weighted by atomic mass is 10.3. The predicted octanol–water partition coefficient (Wildman–Crippen LogP) is 1.81. The molecule has 8 nitrogen and oxygen atoms in total.